The van der Waals surface area contributed by atoms with Crippen molar-refractivity contribution >= 4 is 40.7 Å². The SMILES string of the molecule is COCCCNC(=O)[C@@H]1CC(=O)N(c2ccc(OCC(=O)Nc3ccc(C)c(Cl)c3)cc2)C1. The number of carbonyl (C=O) groups excluding carboxylic acids is 3. The van der Waals surface area contributed by atoms with Crippen molar-refractivity contribution in [3.05, 3.63) is 53.1 Å². The summed E-state index contributed by atoms with van der Waals surface area (Å²) in [6, 6.07) is 12.1. The lowest BCUT2D eigenvalue weighted by Gasteiger charge is -2.17. The molecule has 1 atom stereocenters. The highest BCUT2D eigenvalue weighted by Crippen LogP contribution is 2.27. The normalized spacial score (nSPS) is 15.4. The summed E-state index contributed by atoms with van der Waals surface area (Å²) in [6.45, 7) is 3.14. The van der Waals surface area contributed by atoms with Gasteiger partial charge in [0.25, 0.3) is 5.91 Å². The van der Waals surface area contributed by atoms with Crippen LogP contribution in [0.1, 0.15) is 18.4 Å². The van der Waals surface area contributed by atoms with E-state index in [0.29, 0.717) is 41.8 Å². The Labute approximate surface area is 198 Å². The number of aryl methyl sites for hydroxylation is 1. The number of benzene rings is 2. The first-order chi connectivity index (χ1) is 15.9. The molecule has 0 saturated carbocycles. The van der Waals surface area contributed by atoms with Gasteiger partial charge in [-0.05, 0) is 55.3 Å². The van der Waals surface area contributed by atoms with Gasteiger partial charge in [0.15, 0.2) is 6.61 Å². The van der Waals surface area contributed by atoms with Crippen molar-refractivity contribution in [2.75, 3.05) is 43.6 Å². The van der Waals surface area contributed by atoms with E-state index in [1.807, 2.05) is 13.0 Å². The molecule has 0 spiro atoms. The molecule has 33 heavy (non-hydrogen) atoms. The second-order valence-corrected chi connectivity index (χ2v) is 8.24. The molecule has 1 aliphatic rings. The average Bonchev–Trinajstić information content (AvgIpc) is 3.20. The van der Waals surface area contributed by atoms with E-state index in [0.717, 1.165) is 12.0 Å². The van der Waals surface area contributed by atoms with Gasteiger partial charge >= 0.3 is 0 Å². The van der Waals surface area contributed by atoms with Crippen LogP contribution < -0.4 is 20.3 Å². The van der Waals surface area contributed by atoms with Gasteiger partial charge in [-0.15, -0.1) is 0 Å². The summed E-state index contributed by atoms with van der Waals surface area (Å²) in [7, 11) is 1.61. The molecule has 1 aliphatic heterocycles. The number of hydrogen-bond donors (Lipinski definition) is 2. The summed E-state index contributed by atoms with van der Waals surface area (Å²) in [5.74, 6) is -0.419. The Kier molecular flexibility index (Phi) is 8.68. The molecule has 1 saturated heterocycles. The third-order valence-corrected chi connectivity index (χ3v) is 5.70. The lowest BCUT2D eigenvalue weighted by atomic mass is 10.1. The highest BCUT2D eigenvalue weighted by molar-refractivity contribution is 6.31. The van der Waals surface area contributed by atoms with Gasteiger partial charge in [0, 0.05) is 49.6 Å². The Hall–Kier alpha value is -3.10. The minimum absolute atomic E-state index is 0.100. The van der Waals surface area contributed by atoms with Crippen molar-refractivity contribution in [1.82, 2.24) is 5.32 Å². The van der Waals surface area contributed by atoms with E-state index in [1.165, 1.54) is 0 Å². The summed E-state index contributed by atoms with van der Waals surface area (Å²) in [5, 5.41) is 6.16. The Bertz CT molecular complexity index is 996. The quantitative estimate of drug-likeness (QED) is 0.516. The number of anilines is 2. The van der Waals surface area contributed by atoms with Gasteiger partial charge in [0.05, 0.1) is 5.92 Å². The van der Waals surface area contributed by atoms with Gasteiger partial charge in [-0.25, -0.2) is 0 Å². The first-order valence-corrected chi connectivity index (χ1v) is 11.1. The Morgan fingerprint density at radius 1 is 1.18 bits per heavy atom. The van der Waals surface area contributed by atoms with E-state index in [-0.39, 0.29) is 36.7 Å². The molecule has 0 aliphatic carbocycles. The van der Waals surface area contributed by atoms with Gasteiger partial charge in [0.1, 0.15) is 5.75 Å². The van der Waals surface area contributed by atoms with Crippen molar-refractivity contribution in [2.45, 2.75) is 19.8 Å². The van der Waals surface area contributed by atoms with E-state index in [1.54, 1.807) is 48.4 Å². The minimum atomic E-state index is -0.380. The summed E-state index contributed by atoms with van der Waals surface area (Å²) >= 11 is 6.07. The predicted octanol–water partition coefficient (Wildman–Crippen LogP) is 3.17. The summed E-state index contributed by atoms with van der Waals surface area (Å²) in [4.78, 5) is 38.5. The van der Waals surface area contributed by atoms with E-state index in [4.69, 9.17) is 21.1 Å². The molecule has 9 heteroatoms. The first kappa shape index (κ1) is 24.5. The maximum atomic E-state index is 12.4. The molecule has 3 amide bonds. The number of nitrogens with zero attached hydrogens (tertiary/aromatic N) is 1. The fourth-order valence-electron chi connectivity index (χ4n) is 3.44. The fraction of sp³-hybridized carbons (Fsp3) is 0.375. The maximum Gasteiger partial charge on any atom is 0.262 e. The van der Waals surface area contributed by atoms with E-state index < -0.39 is 0 Å². The molecule has 1 fully saturated rings. The van der Waals surface area contributed by atoms with Gasteiger partial charge < -0.3 is 25.0 Å². The highest BCUT2D eigenvalue weighted by Gasteiger charge is 2.34. The van der Waals surface area contributed by atoms with Crippen LogP contribution in [0.3, 0.4) is 0 Å². The molecule has 2 aromatic carbocycles. The topological polar surface area (TPSA) is 97.0 Å². The molecule has 0 radical (unpaired) electrons. The number of rotatable bonds is 10. The van der Waals surface area contributed by atoms with Gasteiger partial charge in [-0.1, -0.05) is 17.7 Å². The lowest BCUT2D eigenvalue weighted by molar-refractivity contribution is -0.126. The van der Waals surface area contributed by atoms with Crippen molar-refractivity contribution in [1.29, 1.82) is 0 Å². The highest BCUT2D eigenvalue weighted by atomic mass is 35.5. The number of ether oxygens (including phenoxy) is 2. The van der Waals surface area contributed by atoms with Crippen LogP contribution >= 0.6 is 11.6 Å². The van der Waals surface area contributed by atoms with Gasteiger partial charge in [-0.3, -0.25) is 14.4 Å². The molecule has 0 bridgehead atoms. The van der Waals surface area contributed by atoms with Crippen molar-refractivity contribution in [2.24, 2.45) is 5.92 Å². The van der Waals surface area contributed by atoms with Gasteiger partial charge in [-0.2, -0.15) is 0 Å². The monoisotopic (exact) mass is 473 g/mol. The molecular weight excluding hydrogens is 446 g/mol. The van der Waals surface area contributed by atoms with Crippen LogP contribution in [-0.4, -0.2) is 51.1 Å². The van der Waals surface area contributed by atoms with Crippen LogP contribution in [0.25, 0.3) is 0 Å². The third kappa shape index (κ3) is 6.94. The van der Waals surface area contributed by atoms with Crippen LogP contribution in [0.2, 0.25) is 5.02 Å². The van der Waals surface area contributed by atoms with E-state index >= 15 is 0 Å². The van der Waals surface area contributed by atoms with Crippen molar-refractivity contribution in [3.63, 3.8) is 0 Å². The molecule has 3 rings (SSSR count). The maximum absolute atomic E-state index is 12.4. The van der Waals surface area contributed by atoms with Crippen LogP contribution in [-0.2, 0) is 19.1 Å². The average molecular weight is 474 g/mol. The zero-order valence-electron chi connectivity index (χ0n) is 18.7. The summed E-state index contributed by atoms with van der Waals surface area (Å²) < 4.78 is 10.5. The van der Waals surface area contributed by atoms with Crippen LogP contribution in [0.15, 0.2) is 42.5 Å². The smallest absolute Gasteiger partial charge is 0.262 e. The van der Waals surface area contributed by atoms with Crippen molar-refractivity contribution < 1.29 is 23.9 Å². The van der Waals surface area contributed by atoms with E-state index in [2.05, 4.69) is 10.6 Å². The number of nitrogens with one attached hydrogen (secondary N) is 2. The number of methoxy groups -OCH3 is 1. The second-order valence-electron chi connectivity index (χ2n) is 7.84. The third-order valence-electron chi connectivity index (χ3n) is 5.29. The number of carbonyl (C=O) groups is 3. The largest absolute Gasteiger partial charge is 0.484 e. The number of halogens is 1. The standard InChI is InChI=1S/C24H28ClN3O5/c1-16-4-5-18(13-21(16)25)27-22(29)15-33-20-8-6-19(7-9-20)28-14-17(12-23(28)30)24(31)26-10-3-11-32-2/h4-9,13,17H,3,10-12,14-15H2,1-2H3,(H,26,31)(H,27,29)/t17-/m1/s1. The lowest BCUT2D eigenvalue weighted by Crippen LogP contribution is -2.33. The molecule has 176 valence electrons. The predicted molar refractivity (Wildman–Crippen MR) is 127 cm³/mol. The van der Waals surface area contributed by atoms with Crippen LogP contribution in [0, 0.1) is 12.8 Å². The first-order valence-electron chi connectivity index (χ1n) is 10.7. The summed E-state index contributed by atoms with van der Waals surface area (Å²) in [5.41, 5.74) is 2.21. The Morgan fingerprint density at radius 3 is 2.64 bits per heavy atom. The zero-order valence-corrected chi connectivity index (χ0v) is 19.5. The van der Waals surface area contributed by atoms with E-state index in [9.17, 15) is 14.4 Å². The molecular formula is C24H28ClN3O5. The molecule has 8 nitrogen and oxygen atoms in total. The Morgan fingerprint density at radius 2 is 1.94 bits per heavy atom. The van der Waals surface area contributed by atoms with Crippen molar-refractivity contribution in [3.8, 4) is 5.75 Å². The van der Waals surface area contributed by atoms with Crippen LogP contribution in [0.5, 0.6) is 5.75 Å². The molecule has 0 aromatic heterocycles. The molecule has 2 aromatic rings. The fourth-order valence-corrected chi connectivity index (χ4v) is 3.62. The molecule has 2 N–H and O–H groups in total. The number of hydrogen-bond acceptors (Lipinski definition) is 5. The van der Waals surface area contributed by atoms with Crippen LogP contribution in [0.4, 0.5) is 11.4 Å². The molecule has 1 heterocycles. The summed E-state index contributed by atoms with van der Waals surface area (Å²) in [6.07, 6.45) is 0.905. The second kappa shape index (κ2) is 11.7. The Balaban J connectivity index is 1.48. The minimum Gasteiger partial charge on any atom is -0.484 e. The number of amides is 3. The van der Waals surface area contributed by atoms with Gasteiger partial charge in [0.2, 0.25) is 11.8 Å². The zero-order chi connectivity index (χ0) is 23.8. The molecule has 0 unspecified atom stereocenters.